The Labute approximate surface area is 185 Å². The van der Waals surface area contributed by atoms with Gasteiger partial charge in [-0.05, 0) is 25.1 Å². The van der Waals surface area contributed by atoms with Crippen molar-refractivity contribution in [2.24, 2.45) is 0 Å². The molecule has 0 bridgehead atoms. The summed E-state index contributed by atoms with van der Waals surface area (Å²) < 4.78 is 3.18. The van der Waals surface area contributed by atoms with E-state index in [2.05, 4.69) is 22.1 Å². The smallest absolute Gasteiger partial charge is 0.292 e. The van der Waals surface area contributed by atoms with Crippen molar-refractivity contribution in [1.82, 2.24) is 19.2 Å². The molecule has 4 aromatic rings. The highest BCUT2D eigenvalue weighted by molar-refractivity contribution is 8.00. The van der Waals surface area contributed by atoms with Gasteiger partial charge in [0.2, 0.25) is 11.7 Å². The maximum absolute atomic E-state index is 12.9. The van der Waals surface area contributed by atoms with Gasteiger partial charge in [0.1, 0.15) is 5.69 Å². The standard InChI is InChI=1S/C21H18N6O4S/c1-3-12-25-19(29)14-8-4-6-10-16(14)26-20(25)23-24-21(26)32-13(2)18(28)22-15-9-5-7-11-17(15)27(30)31/h3-11,13H,1,12H2,2H3,(H,22,28). The zero-order chi connectivity index (χ0) is 22.8. The number of para-hydroxylation sites is 3. The number of rotatable bonds is 7. The molecular formula is C21H18N6O4S. The second kappa shape index (κ2) is 8.63. The van der Waals surface area contributed by atoms with Crippen LogP contribution in [0.1, 0.15) is 6.92 Å². The van der Waals surface area contributed by atoms with Crippen LogP contribution in [-0.2, 0) is 11.3 Å². The number of benzene rings is 2. The van der Waals surface area contributed by atoms with Crippen molar-refractivity contribution in [3.05, 3.63) is 81.7 Å². The number of fused-ring (bicyclic) bond motifs is 3. The normalized spacial score (nSPS) is 12.0. The van der Waals surface area contributed by atoms with Gasteiger partial charge < -0.3 is 5.32 Å². The number of nitro groups is 1. The van der Waals surface area contributed by atoms with Gasteiger partial charge in [-0.15, -0.1) is 16.8 Å². The van der Waals surface area contributed by atoms with Crippen LogP contribution in [0.2, 0.25) is 0 Å². The number of amides is 1. The van der Waals surface area contributed by atoms with Crippen LogP contribution in [-0.4, -0.2) is 35.2 Å². The zero-order valence-electron chi connectivity index (χ0n) is 17.0. The molecule has 1 amide bonds. The molecule has 0 aliphatic carbocycles. The lowest BCUT2D eigenvalue weighted by Gasteiger charge is -2.13. The molecule has 0 saturated heterocycles. The van der Waals surface area contributed by atoms with E-state index in [-0.39, 0.29) is 23.5 Å². The van der Waals surface area contributed by atoms with Crippen molar-refractivity contribution >= 4 is 45.7 Å². The van der Waals surface area contributed by atoms with E-state index in [9.17, 15) is 19.7 Å². The maximum atomic E-state index is 12.9. The first-order valence-corrected chi connectivity index (χ1v) is 10.5. The summed E-state index contributed by atoms with van der Waals surface area (Å²) in [5, 5.41) is 22.4. The van der Waals surface area contributed by atoms with Crippen molar-refractivity contribution in [3.8, 4) is 0 Å². The number of thioether (sulfide) groups is 1. The molecular weight excluding hydrogens is 432 g/mol. The monoisotopic (exact) mass is 450 g/mol. The number of hydrogen-bond donors (Lipinski definition) is 1. The van der Waals surface area contributed by atoms with Crippen LogP contribution >= 0.6 is 11.8 Å². The summed E-state index contributed by atoms with van der Waals surface area (Å²) in [6.07, 6.45) is 1.60. The highest BCUT2D eigenvalue weighted by Crippen LogP contribution is 2.28. The third-order valence-electron chi connectivity index (χ3n) is 4.80. The Kier molecular flexibility index (Phi) is 5.73. The summed E-state index contributed by atoms with van der Waals surface area (Å²) in [5.41, 5.74) is 0.336. The number of carbonyl (C=O) groups excluding carboxylic acids is 1. The van der Waals surface area contributed by atoms with E-state index in [1.54, 1.807) is 47.7 Å². The van der Waals surface area contributed by atoms with Gasteiger partial charge in [-0.25, -0.2) is 0 Å². The molecule has 0 aliphatic rings. The molecule has 10 nitrogen and oxygen atoms in total. The van der Waals surface area contributed by atoms with Crippen molar-refractivity contribution < 1.29 is 9.72 Å². The topological polar surface area (TPSA) is 124 Å². The van der Waals surface area contributed by atoms with Crippen LogP contribution in [0.3, 0.4) is 0 Å². The summed E-state index contributed by atoms with van der Waals surface area (Å²) >= 11 is 1.14. The lowest BCUT2D eigenvalue weighted by Crippen LogP contribution is -2.24. The number of hydrogen-bond acceptors (Lipinski definition) is 7. The minimum Gasteiger partial charge on any atom is -0.319 e. The number of anilines is 1. The number of carbonyl (C=O) groups is 1. The molecule has 0 saturated carbocycles. The second-order valence-corrected chi connectivity index (χ2v) is 8.17. The van der Waals surface area contributed by atoms with Crippen LogP contribution in [0, 0.1) is 10.1 Å². The fourth-order valence-electron chi connectivity index (χ4n) is 3.29. The van der Waals surface area contributed by atoms with Gasteiger partial charge in [0.25, 0.3) is 11.2 Å². The van der Waals surface area contributed by atoms with Crippen molar-refractivity contribution in [3.63, 3.8) is 0 Å². The van der Waals surface area contributed by atoms with Crippen LogP contribution in [0.5, 0.6) is 0 Å². The van der Waals surface area contributed by atoms with Crippen molar-refractivity contribution in [2.45, 2.75) is 23.9 Å². The van der Waals surface area contributed by atoms with Crippen LogP contribution in [0.25, 0.3) is 16.7 Å². The van der Waals surface area contributed by atoms with E-state index in [1.165, 1.54) is 22.8 Å². The molecule has 162 valence electrons. The van der Waals surface area contributed by atoms with Crippen molar-refractivity contribution in [2.75, 3.05) is 5.32 Å². The molecule has 0 fully saturated rings. The van der Waals surface area contributed by atoms with Gasteiger partial charge in [-0.1, -0.05) is 42.1 Å². The summed E-state index contributed by atoms with van der Waals surface area (Å²) in [4.78, 5) is 36.3. The van der Waals surface area contributed by atoms with Crippen molar-refractivity contribution in [1.29, 1.82) is 0 Å². The number of nitro benzene ring substituents is 1. The SMILES string of the molecule is C=CCn1c(=O)c2ccccc2n2c(SC(C)C(=O)Nc3ccccc3[N+](=O)[O-])nnc12. The molecule has 11 heteroatoms. The molecule has 0 radical (unpaired) electrons. The first-order chi connectivity index (χ1) is 15.4. The van der Waals surface area contributed by atoms with Gasteiger partial charge in [0, 0.05) is 12.6 Å². The van der Waals surface area contributed by atoms with Gasteiger partial charge >= 0.3 is 0 Å². The third-order valence-corrected chi connectivity index (χ3v) is 5.84. The zero-order valence-corrected chi connectivity index (χ0v) is 17.8. The number of nitrogens with one attached hydrogen (secondary N) is 1. The quantitative estimate of drug-likeness (QED) is 0.198. The van der Waals surface area contributed by atoms with E-state index in [0.717, 1.165) is 11.8 Å². The van der Waals surface area contributed by atoms with E-state index < -0.39 is 16.1 Å². The van der Waals surface area contributed by atoms with E-state index in [4.69, 9.17) is 0 Å². The fourth-order valence-corrected chi connectivity index (χ4v) is 4.14. The van der Waals surface area contributed by atoms with E-state index in [0.29, 0.717) is 21.8 Å². The molecule has 0 spiro atoms. The molecule has 0 aliphatic heterocycles. The summed E-state index contributed by atoms with van der Waals surface area (Å²) in [5.74, 6) is -0.0906. The maximum Gasteiger partial charge on any atom is 0.292 e. The number of nitrogens with zero attached hydrogens (tertiary/aromatic N) is 5. The van der Waals surface area contributed by atoms with E-state index >= 15 is 0 Å². The Hall–Kier alpha value is -3.99. The summed E-state index contributed by atoms with van der Waals surface area (Å²) in [7, 11) is 0. The summed E-state index contributed by atoms with van der Waals surface area (Å²) in [6, 6.07) is 13.0. The number of aromatic nitrogens is 4. The average Bonchev–Trinajstić information content (AvgIpc) is 3.20. The molecule has 1 N–H and O–H groups in total. The minimum atomic E-state index is -0.652. The lowest BCUT2D eigenvalue weighted by atomic mass is 10.2. The molecule has 2 heterocycles. The van der Waals surface area contributed by atoms with Gasteiger partial charge in [0.15, 0.2) is 5.16 Å². The first kappa shape index (κ1) is 21.2. The summed E-state index contributed by atoms with van der Waals surface area (Å²) in [6.45, 7) is 5.62. The third kappa shape index (κ3) is 3.73. The molecule has 1 unspecified atom stereocenters. The highest BCUT2D eigenvalue weighted by Gasteiger charge is 2.23. The molecule has 4 rings (SSSR count). The Bertz CT molecular complexity index is 1430. The minimum absolute atomic E-state index is 0.117. The van der Waals surface area contributed by atoms with Gasteiger partial charge in [-0.3, -0.25) is 28.7 Å². The van der Waals surface area contributed by atoms with Crippen LogP contribution in [0.4, 0.5) is 11.4 Å². The van der Waals surface area contributed by atoms with Gasteiger partial charge in [0.05, 0.1) is 21.1 Å². The second-order valence-electron chi connectivity index (χ2n) is 6.86. The molecule has 2 aromatic heterocycles. The highest BCUT2D eigenvalue weighted by atomic mass is 32.2. The van der Waals surface area contributed by atoms with E-state index in [1.807, 2.05) is 0 Å². The predicted molar refractivity (Wildman–Crippen MR) is 122 cm³/mol. The Morgan fingerprint density at radius 1 is 1.25 bits per heavy atom. The predicted octanol–water partition coefficient (Wildman–Crippen LogP) is 3.26. The average molecular weight is 450 g/mol. The molecule has 1 atom stereocenters. The number of allylic oxidation sites excluding steroid dienone is 1. The Balaban J connectivity index is 1.71. The molecule has 2 aromatic carbocycles. The Morgan fingerprint density at radius 2 is 1.97 bits per heavy atom. The van der Waals surface area contributed by atoms with Gasteiger partial charge in [-0.2, -0.15) is 0 Å². The molecule has 32 heavy (non-hydrogen) atoms. The van der Waals surface area contributed by atoms with Crippen LogP contribution < -0.4 is 10.9 Å². The first-order valence-electron chi connectivity index (χ1n) is 9.61. The largest absolute Gasteiger partial charge is 0.319 e. The fraction of sp³-hybridized carbons (Fsp3) is 0.143. The Morgan fingerprint density at radius 3 is 2.72 bits per heavy atom. The lowest BCUT2D eigenvalue weighted by molar-refractivity contribution is -0.383. The van der Waals surface area contributed by atoms with Crippen LogP contribution in [0.15, 0.2) is 71.1 Å².